The van der Waals surface area contributed by atoms with Gasteiger partial charge in [-0.3, -0.25) is 9.59 Å². The zero-order valence-electron chi connectivity index (χ0n) is 14.5. The summed E-state index contributed by atoms with van der Waals surface area (Å²) in [6.07, 6.45) is 3.08. The number of ether oxygens (including phenoxy) is 1. The molecule has 1 heterocycles. The molecule has 1 aromatic carbocycles. The molecule has 1 aliphatic heterocycles. The maximum absolute atomic E-state index is 12.1. The second kappa shape index (κ2) is 9.39. The van der Waals surface area contributed by atoms with Gasteiger partial charge in [0.05, 0.1) is 6.10 Å². The normalized spacial score (nSPS) is 17.0. The van der Waals surface area contributed by atoms with Crippen molar-refractivity contribution in [2.75, 3.05) is 40.3 Å². The lowest BCUT2D eigenvalue weighted by atomic mass is 10.1. The lowest BCUT2D eigenvalue weighted by molar-refractivity contribution is 0.0857. The number of rotatable bonds is 8. The summed E-state index contributed by atoms with van der Waals surface area (Å²) < 4.78 is 5.48. The zero-order chi connectivity index (χ0) is 17.4. The van der Waals surface area contributed by atoms with Gasteiger partial charge in [0.15, 0.2) is 0 Å². The molecule has 1 atom stereocenters. The zero-order valence-corrected chi connectivity index (χ0v) is 14.5. The highest BCUT2D eigenvalue weighted by molar-refractivity contribution is 5.97. The first-order valence-electron chi connectivity index (χ1n) is 8.49. The Bertz CT molecular complexity index is 537. The second-order valence-electron chi connectivity index (χ2n) is 6.34. The van der Waals surface area contributed by atoms with Crippen molar-refractivity contribution in [3.05, 3.63) is 35.4 Å². The third-order valence-electron chi connectivity index (χ3n) is 3.99. The predicted octanol–water partition coefficient (Wildman–Crippen LogP) is 1.28. The van der Waals surface area contributed by atoms with E-state index in [4.69, 9.17) is 4.74 Å². The fraction of sp³-hybridized carbons (Fsp3) is 0.556. The highest BCUT2D eigenvalue weighted by atomic mass is 16.5. The van der Waals surface area contributed by atoms with Crippen LogP contribution in [-0.4, -0.2) is 63.2 Å². The van der Waals surface area contributed by atoms with Crippen LogP contribution in [0, 0.1) is 0 Å². The summed E-state index contributed by atoms with van der Waals surface area (Å²) in [6.45, 7) is 2.89. The van der Waals surface area contributed by atoms with Gasteiger partial charge in [-0.1, -0.05) is 0 Å². The topological polar surface area (TPSA) is 70.7 Å². The van der Waals surface area contributed by atoms with Crippen LogP contribution < -0.4 is 10.6 Å². The number of hydrogen-bond donors (Lipinski definition) is 2. The summed E-state index contributed by atoms with van der Waals surface area (Å²) in [5, 5.41) is 5.76. The molecule has 0 aromatic heterocycles. The summed E-state index contributed by atoms with van der Waals surface area (Å²) in [6, 6.07) is 6.73. The number of carbonyl (C=O) groups excluding carboxylic acids is 2. The molecule has 1 unspecified atom stereocenters. The molecule has 0 aliphatic carbocycles. The molecule has 2 rings (SSSR count). The van der Waals surface area contributed by atoms with Crippen LogP contribution >= 0.6 is 0 Å². The summed E-state index contributed by atoms with van der Waals surface area (Å²) in [5.41, 5.74) is 1.12. The van der Waals surface area contributed by atoms with Gasteiger partial charge in [-0.2, -0.15) is 0 Å². The molecular formula is C18H27N3O3. The minimum absolute atomic E-state index is 0.111. The van der Waals surface area contributed by atoms with Crippen molar-refractivity contribution in [3.8, 4) is 0 Å². The third-order valence-corrected chi connectivity index (χ3v) is 3.99. The summed E-state index contributed by atoms with van der Waals surface area (Å²) in [7, 11) is 4.01. The molecule has 1 aromatic rings. The van der Waals surface area contributed by atoms with E-state index in [2.05, 4.69) is 15.5 Å². The van der Waals surface area contributed by atoms with Gasteiger partial charge in [0.1, 0.15) is 0 Å². The average Bonchev–Trinajstić information content (AvgIpc) is 3.10. The van der Waals surface area contributed by atoms with Crippen LogP contribution in [-0.2, 0) is 4.74 Å². The molecular weight excluding hydrogens is 306 g/mol. The molecule has 1 saturated heterocycles. The first-order chi connectivity index (χ1) is 11.6. The first-order valence-corrected chi connectivity index (χ1v) is 8.49. The van der Waals surface area contributed by atoms with Crippen LogP contribution in [0.1, 0.15) is 40.0 Å². The van der Waals surface area contributed by atoms with Crippen molar-refractivity contribution < 1.29 is 14.3 Å². The van der Waals surface area contributed by atoms with E-state index in [1.807, 2.05) is 14.1 Å². The predicted molar refractivity (Wildman–Crippen MR) is 93.3 cm³/mol. The minimum atomic E-state index is -0.136. The van der Waals surface area contributed by atoms with Crippen molar-refractivity contribution in [1.82, 2.24) is 15.5 Å². The SMILES string of the molecule is CN(C)CCCNC(=O)c1ccc(C(=O)NCC2CCCO2)cc1. The van der Waals surface area contributed by atoms with E-state index in [1.165, 1.54) is 0 Å². The summed E-state index contributed by atoms with van der Waals surface area (Å²) in [4.78, 5) is 26.2. The van der Waals surface area contributed by atoms with Gasteiger partial charge in [-0.25, -0.2) is 0 Å². The number of amides is 2. The van der Waals surface area contributed by atoms with E-state index in [1.54, 1.807) is 24.3 Å². The Labute approximate surface area is 143 Å². The molecule has 0 saturated carbocycles. The van der Waals surface area contributed by atoms with Gasteiger partial charge in [0.2, 0.25) is 0 Å². The van der Waals surface area contributed by atoms with Crippen LogP contribution in [0.2, 0.25) is 0 Å². The maximum atomic E-state index is 12.1. The van der Waals surface area contributed by atoms with Gasteiger partial charge < -0.3 is 20.3 Å². The van der Waals surface area contributed by atoms with Gasteiger partial charge >= 0.3 is 0 Å². The van der Waals surface area contributed by atoms with E-state index in [0.29, 0.717) is 24.2 Å². The van der Waals surface area contributed by atoms with Crippen LogP contribution in [0.4, 0.5) is 0 Å². The molecule has 1 fully saturated rings. The average molecular weight is 333 g/mol. The fourth-order valence-electron chi connectivity index (χ4n) is 2.59. The molecule has 2 amide bonds. The molecule has 0 spiro atoms. The Morgan fingerprint density at radius 3 is 2.29 bits per heavy atom. The van der Waals surface area contributed by atoms with Crippen molar-refractivity contribution in [2.24, 2.45) is 0 Å². The molecule has 2 N–H and O–H groups in total. The number of nitrogens with one attached hydrogen (secondary N) is 2. The van der Waals surface area contributed by atoms with Crippen LogP contribution in [0.25, 0.3) is 0 Å². The van der Waals surface area contributed by atoms with Crippen LogP contribution in [0.3, 0.4) is 0 Å². The van der Waals surface area contributed by atoms with Crippen LogP contribution in [0.15, 0.2) is 24.3 Å². The van der Waals surface area contributed by atoms with E-state index in [9.17, 15) is 9.59 Å². The summed E-state index contributed by atoms with van der Waals surface area (Å²) >= 11 is 0. The van der Waals surface area contributed by atoms with E-state index >= 15 is 0 Å². The third kappa shape index (κ3) is 5.94. The lowest BCUT2D eigenvalue weighted by Crippen LogP contribution is -2.31. The number of carbonyl (C=O) groups is 2. The van der Waals surface area contributed by atoms with Crippen LogP contribution in [0.5, 0.6) is 0 Å². The number of benzene rings is 1. The van der Waals surface area contributed by atoms with Gasteiger partial charge in [-0.05, 0) is 64.2 Å². The number of nitrogens with zero attached hydrogens (tertiary/aromatic N) is 1. The maximum Gasteiger partial charge on any atom is 0.251 e. The van der Waals surface area contributed by atoms with E-state index in [0.717, 1.165) is 32.4 Å². The highest BCUT2D eigenvalue weighted by Gasteiger charge is 2.16. The molecule has 6 nitrogen and oxygen atoms in total. The lowest BCUT2D eigenvalue weighted by Gasteiger charge is -2.11. The van der Waals surface area contributed by atoms with E-state index < -0.39 is 0 Å². The van der Waals surface area contributed by atoms with E-state index in [-0.39, 0.29) is 17.9 Å². The Hall–Kier alpha value is -1.92. The Morgan fingerprint density at radius 1 is 1.12 bits per heavy atom. The largest absolute Gasteiger partial charge is 0.376 e. The molecule has 24 heavy (non-hydrogen) atoms. The molecule has 132 valence electrons. The van der Waals surface area contributed by atoms with Crippen molar-refractivity contribution in [2.45, 2.75) is 25.4 Å². The standard InChI is InChI=1S/C18H27N3O3/c1-21(2)11-4-10-19-17(22)14-6-8-15(9-7-14)18(23)20-13-16-5-3-12-24-16/h6-9,16H,3-5,10-13H2,1-2H3,(H,19,22)(H,20,23). The molecule has 1 aliphatic rings. The highest BCUT2D eigenvalue weighted by Crippen LogP contribution is 2.11. The Kier molecular flexibility index (Phi) is 7.21. The molecule has 0 radical (unpaired) electrons. The minimum Gasteiger partial charge on any atom is -0.376 e. The van der Waals surface area contributed by atoms with Gasteiger partial charge in [0.25, 0.3) is 11.8 Å². The number of hydrogen-bond acceptors (Lipinski definition) is 4. The first kappa shape index (κ1) is 18.4. The second-order valence-corrected chi connectivity index (χ2v) is 6.34. The quantitative estimate of drug-likeness (QED) is 0.703. The Balaban J connectivity index is 1.76. The monoisotopic (exact) mass is 333 g/mol. The smallest absolute Gasteiger partial charge is 0.251 e. The van der Waals surface area contributed by atoms with Gasteiger partial charge in [-0.15, -0.1) is 0 Å². The van der Waals surface area contributed by atoms with Crippen molar-refractivity contribution in [1.29, 1.82) is 0 Å². The van der Waals surface area contributed by atoms with Crippen molar-refractivity contribution in [3.63, 3.8) is 0 Å². The molecule has 6 heteroatoms. The molecule has 0 bridgehead atoms. The Morgan fingerprint density at radius 2 is 1.75 bits per heavy atom. The fourth-order valence-corrected chi connectivity index (χ4v) is 2.59. The van der Waals surface area contributed by atoms with Crippen molar-refractivity contribution >= 4 is 11.8 Å². The van der Waals surface area contributed by atoms with Gasteiger partial charge in [0, 0.05) is 30.8 Å². The summed E-state index contributed by atoms with van der Waals surface area (Å²) in [5.74, 6) is -0.247.